The molecule has 0 bridgehead atoms. The molecule has 1 unspecified atom stereocenters. The summed E-state index contributed by atoms with van der Waals surface area (Å²) in [6, 6.07) is 0.456. The predicted octanol–water partition coefficient (Wildman–Crippen LogP) is 3.64. The highest BCUT2D eigenvalue weighted by Gasteiger charge is 2.24. The first-order valence-electron chi connectivity index (χ1n) is 6.50. The van der Waals surface area contributed by atoms with Crippen molar-refractivity contribution in [3.8, 4) is 10.7 Å². The number of rotatable bonds is 4. The van der Waals surface area contributed by atoms with E-state index in [1.807, 2.05) is 16.8 Å². The molecule has 2 aromatic rings. The summed E-state index contributed by atoms with van der Waals surface area (Å²) in [5, 5.41) is 6.78. The largest absolute Gasteiger partial charge is 0.309 e. The first-order chi connectivity index (χ1) is 8.88. The van der Waals surface area contributed by atoms with E-state index in [-0.39, 0.29) is 0 Å². The van der Waals surface area contributed by atoms with Gasteiger partial charge in [0.1, 0.15) is 10.7 Å². The van der Waals surface area contributed by atoms with Crippen LogP contribution in [0.25, 0.3) is 10.7 Å². The predicted molar refractivity (Wildman–Crippen MR) is 77.2 cm³/mol. The van der Waals surface area contributed by atoms with Gasteiger partial charge >= 0.3 is 0 Å². The molecule has 3 rings (SSSR count). The van der Waals surface area contributed by atoms with Gasteiger partial charge in [-0.25, -0.2) is 9.97 Å². The number of hydrogen-bond acceptors (Lipinski definition) is 5. The monoisotopic (exact) mass is 279 g/mol. The normalized spacial score (nSPS) is 18.8. The molecule has 18 heavy (non-hydrogen) atoms. The molecule has 0 aliphatic heterocycles. The molecule has 1 atom stereocenters. The molecule has 0 saturated heterocycles. The second kappa shape index (κ2) is 5.47. The van der Waals surface area contributed by atoms with Crippen LogP contribution in [0.5, 0.6) is 0 Å². The Morgan fingerprint density at radius 3 is 3.22 bits per heavy atom. The molecule has 0 radical (unpaired) electrons. The molecule has 0 amide bonds. The Labute approximate surface area is 115 Å². The van der Waals surface area contributed by atoms with E-state index in [2.05, 4.69) is 22.6 Å². The first kappa shape index (κ1) is 12.3. The number of aromatic nitrogens is 2. The molecule has 1 aliphatic rings. The summed E-state index contributed by atoms with van der Waals surface area (Å²) in [6.45, 7) is 3.28. The number of fused-ring (bicyclic) bond motifs is 1. The van der Waals surface area contributed by atoms with E-state index in [4.69, 9.17) is 4.98 Å². The second-order valence-electron chi connectivity index (χ2n) is 4.60. The molecular formula is C13H17N3S2. The maximum atomic E-state index is 4.83. The Bertz CT molecular complexity index is 504. The van der Waals surface area contributed by atoms with E-state index in [1.54, 1.807) is 11.3 Å². The van der Waals surface area contributed by atoms with E-state index >= 15 is 0 Å². The van der Waals surface area contributed by atoms with Crippen LogP contribution in [-0.2, 0) is 6.42 Å². The molecule has 1 N–H and O–H groups in total. The summed E-state index contributed by atoms with van der Waals surface area (Å²) in [4.78, 5) is 10.6. The fraction of sp³-hybridized carbons (Fsp3) is 0.538. The fourth-order valence-corrected chi connectivity index (χ4v) is 4.11. The average molecular weight is 279 g/mol. The quantitative estimate of drug-likeness (QED) is 0.928. The Kier molecular flexibility index (Phi) is 3.72. The van der Waals surface area contributed by atoms with E-state index in [0.29, 0.717) is 6.04 Å². The maximum Gasteiger partial charge on any atom is 0.143 e. The summed E-state index contributed by atoms with van der Waals surface area (Å²) in [7, 11) is 0. The smallest absolute Gasteiger partial charge is 0.143 e. The van der Waals surface area contributed by atoms with Gasteiger partial charge in [0, 0.05) is 10.3 Å². The van der Waals surface area contributed by atoms with Gasteiger partial charge in [0.2, 0.25) is 0 Å². The summed E-state index contributed by atoms with van der Waals surface area (Å²) in [5.41, 5.74) is 4.19. The maximum absolute atomic E-state index is 4.83. The number of nitrogens with zero attached hydrogens (tertiary/aromatic N) is 2. The summed E-state index contributed by atoms with van der Waals surface area (Å²) < 4.78 is 0. The average Bonchev–Trinajstić information content (AvgIpc) is 3.03. The van der Waals surface area contributed by atoms with Crippen LogP contribution in [0.3, 0.4) is 0 Å². The van der Waals surface area contributed by atoms with Gasteiger partial charge in [-0.05, 0) is 32.2 Å². The number of thiazole rings is 2. The molecule has 3 nitrogen and oxygen atoms in total. The minimum absolute atomic E-state index is 0.456. The van der Waals surface area contributed by atoms with Crippen molar-refractivity contribution >= 4 is 22.7 Å². The molecular weight excluding hydrogens is 262 g/mol. The minimum atomic E-state index is 0.456. The number of nitrogens with one attached hydrogen (secondary N) is 1. The fourth-order valence-electron chi connectivity index (χ4n) is 2.36. The highest BCUT2D eigenvalue weighted by molar-refractivity contribution is 7.15. The molecule has 96 valence electrons. The topological polar surface area (TPSA) is 37.8 Å². The van der Waals surface area contributed by atoms with Crippen LogP contribution in [0.1, 0.15) is 42.8 Å². The summed E-state index contributed by atoms with van der Waals surface area (Å²) in [6.07, 6.45) is 4.84. The zero-order chi connectivity index (χ0) is 12.4. The third kappa shape index (κ3) is 2.35. The Morgan fingerprint density at radius 2 is 2.44 bits per heavy atom. The molecule has 2 heterocycles. The van der Waals surface area contributed by atoms with Gasteiger partial charge in [-0.2, -0.15) is 0 Å². The van der Waals surface area contributed by atoms with Crippen LogP contribution < -0.4 is 5.32 Å². The Hall–Kier alpha value is -0.780. The number of hydrogen-bond donors (Lipinski definition) is 1. The van der Waals surface area contributed by atoms with Gasteiger partial charge < -0.3 is 5.32 Å². The van der Waals surface area contributed by atoms with Gasteiger partial charge in [-0.1, -0.05) is 6.92 Å². The van der Waals surface area contributed by atoms with Crippen molar-refractivity contribution < 1.29 is 0 Å². The van der Waals surface area contributed by atoms with E-state index in [0.717, 1.165) is 17.2 Å². The molecule has 1 aliphatic carbocycles. The molecule has 0 saturated carbocycles. The minimum Gasteiger partial charge on any atom is -0.309 e. The van der Waals surface area contributed by atoms with E-state index < -0.39 is 0 Å². The van der Waals surface area contributed by atoms with E-state index in [9.17, 15) is 0 Å². The van der Waals surface area contributed by atoms with E-state index in [1.165, 1.54) is 36.3 Å². The van der Waals surface area contributed by atoms with Crippen molar-refractivity contribution in [2.45, 2.75) is 38.6 Å². The van der Waals surface area contributed by atoms with Gasteiger partial charge in [-0.3, -0.25) is 0 Å². The first-order valence-corrected chi connectivity index (χ1v) is 8.26. The zero-order valence-corrected chi connectivity index (χ0v) is 12.1. The van der Waals surface area contributed by atoms with Gasteiger partial charge in [-0.15, -0.1) is 22.7 Å². The number of aryl methyl sites for hydroxylation is 1. The van der Waals surface area contributed by atoms with Crippen LogP contribution >= 0.6 is 22.7 Å². The van der Waals surface area contributed by atoms with Crippen LogP contribution in [0.4, 0.5) is 0 Å². The highest BCUT2D eigenvalue weighted by Crippen LogP contribution is 2.36. The lowest BCUT2D eigenvalue weighted by molar-refractivity contribution is 0.454. The molecule has 2 aromatic heterocycles. The van der Waals surface area contributed by atoms with Crippen molar-refractivity contribution in [1.82, 2.24) is 15.3 Å². The lowest BCUT2D eigenvalue weighted by atomic mass is 9.97. The van der Waals surface area contributed by atoms with Crippen molar-refractivity contribution in [3.05, 3.63) is 21.5 Å². The van der Waals surface area contributed by atoms with Gasteiger partial charge in [0.15, 0.2) is 0 Å². The molecule has 0 aromatic carbocycles. The van der Waals surface area contributed by atoms with Gasteiger partial charge in [0.05, 0.1) is 17.2 Å². The zero-order valence-electron chi connectivity index (χ0n) is 10.5. The lowest BCUT2D eigenvalue weighted by Crippen LogP contribution is -2.25. The molecule has 0 spiro atoms. The second-order valence-corrected chi connectivity index (χ2v) is 6.40. The third-order valence-corrected chi connectivity index (χ3v) is 4.99. The highest BCUT2D eigenvalue weighted by atomic mass is 32.1. The summed E-state index contributed by atoms with van der Waals surface area (Å²) >= 11 is 3.46. The third-order valence-electron chi connectivity index (χ3n) is 3.25. The van der Waals surface area contributed by atoms with Crippen LogP contribution in [0, 0.1) is 0 Å². The van der Waals surface area contributed by atoms with Gasteiger partial charge in [0.25, 0.3) is 0 Å². The lowest BCUT2D eigenvalue weighted by Gasteiger charge is -2.21. The summed E-state index contributed by atoms with van der Waals surface area (Å²) in [5.74, 6) is 0. The molecule has 5 heteroatoms. The SMILES string of the molecule is CCCNC1CCCc2sc(-c3cscn3)nc21. The van der Waals surface area contributed by atoms with Crippen LogP contribution in [-0.4, -0.2) is 16.5 Å². The standard InChI is InChI=1S/C13H17N3S2/c1-2-6-14-9-4-3-5-11-12(9)16-13(18-11)10-7-17-8-15-10/h7-9,14H,2-6H2,1H3. The van der Waals surface area contributed by atoms with Crippen molar-refractivity contribution in [1.29, 1.82) is 0 Å². The molecule has 0 fully saturated rings. The van der Waals surface area contributed by atoms with Crippen LogP contribution in [0.15, 0.2) is 10.9 Å². The Balaban J connectivity index is 1.88. The van der Waals surface area contributed by atoms with Crippen LogP contribution in [0.2, 0.25) is 0 Å². The van der Waals surface area contributed by atoms with Crippen molar-refractivity contribution in [2.75, 3.05) is 6.54 Å². The Morgan fingerprint density at radius 1 is 1.50 bits per heavy atom. The van der Waals surface area contributed by atoms with Crippen molar-refractivity contribution in [2.24, 2.45) is 0 Å². The van der Waals surface area contributed by atoms with Crippen molar-refractivity contribution in [3.63, 3.8) is 0 Å².